The molecule has 0 aromatic rings. The van der Waals surface area contributed by atoms with Gasteiger partial charge in [0.15, 0.2) is 0 Å². The van der Waals surface area contributed by atoms with Crippen molar-refractivity contribution in [2.75, 3.05) is 13.2 Å². The average Bonchev–Trinajstić information content (AvgIpc) is 2.96. The summed E-state index contributed by atoms with van der Waals surface area (Å²) in [5, 5.41) is 2.97. The maximum atomic E-state index is 13.0. The van der Waals surface area contributed by atoms with Crippen LogP contribution >= 0.6 is 0 Å². The van der Waals surface area contributed by atoms with Crippen LogP contribution in [0, 0.1) is 0 Å². The summed E-state index contributed by atoms with van der Waals surface area (Å²) in [4.78, 5) is 27.6. The molecular weight excluding hydrogens is 256 g/mol. The molecule has 0 saturated carbocycles. The van der Waals surface area contributed by atoms with Gasteiger partial charge in [-0.2, -0.15) is 0 Å². The first-order valence-electron chi connectivity index (χ1n) is 7.69. The zero-order chi connectivity index (χ0) is 15.0. The van der Waals surface area contributed by atoms with E-state index in [4.69, 9.17) is 4.74 Å². The molecule has 2 saturated heterocycles. The molecule has 2 heterocycles. The molecule has 1 N–H and O–H groups in total. The van der Waals surface area contributed by atoms with Gasteiger partial charge in [0.2, 0.25) is 11.8 Å². The number of amides is 2. The third kappa shape index (κ3) is 2.03. The van der Waals surface area contributed by atoms with Crippen LogP contribution in [0.4, 0.5) is 0 Å². The molecule has 2 atom stereocenters. The molecule has 0 aromatic carbocycles. The smallest absolute Gasteiger partial charge is 0.249 e. The van der Waals surface area contributed by atoms with Gasteiger partial charge >= 0.3 is 0 Å². The number of rotatable bonds is 4. The van der Waals surface area contributed by atoms with Crippen LogP contribution in [-0.4, -0.2) is 47.0 Å². The molecule has 2 aliphatic heterocycles. The summed E-state index contributed by atoms with van der Waals surface area (Å²) in [5.41, 5.74) is -1.50. The van der Waals surface area contributed by atoms with Crippen LogP contribution in [0.5, 0.6) is 0 Å². The van der Waals surface area contributed by atoms with Gasteiger partial charge in [-0.15, -0.1) is 0 Å². The first-order chi connectivity index (χ1) is 9.45. The van der Waals surface area contributed by atoms with Crippen LogP contribution in [0.1, 0.15) is 53.4 Å². The van der Waals surface area contributed by atoms with E-state index in [1.165, 1.54) is 0 Å². The Bertz CT molecular complexity index is 400. The van der Waals surface area contributed by atoms with E-state index in [1.807, 2.05) is 32.6 Å². The molecule has 20 heavy (non-hydrogen) atoms. The summed E-state index contributed by atoms with van der Waals surface area (Å²) in [5.74, 6) is 0.0251. The van der Waals surface area contributed by atoms with Crippen molar-refractivity contribution in [3.8, 4) is 0 Å². The number of hydrogen-bond donors (Lipinski definition) is 1. The van der Waals surface area contributed by atoms with Crippen molar-refractivity contribution in [2.24, 2.45) is 0 Å². The maximum Gasteiger partial charge on any atom is 0.249 e. The molecule has 2 aliphatic rings. The van der Waals surface area contributed by atoms with Gasteiger partial charge < -0.3 is 15.0 Å². The van der Waals surface area contributed by atoms with Crippen LogP contribution in [0.2, 0.25) is 0 Å². The minimum atomic E-state index is -0.784. The Morgan fingerprint density at radius 2 is 1.90 bits per heavy atom. The normalized spacial score (nSPS) is 33.4. The van der Waals surface area contributed by atoms with Crippen LogP contribution in [0.15, 0.2) is 0 Å². The van der Waals surface area contributed by atoms with Gasteiger partial charge in [-0.25, -0.2) is 0 Å². The molecule has 2 unspecified atom stereocenters. The largest absolute Gasteiger partial charge is 0.379 e. The van der Waals surface area contributed by atoms with Gasteiger partial charge in [0.05, 0.1) is 12.6 Å². The van der Waals surface area contributed by atoms with Crippen LogP contribution in [0.25, 0.3) is 0 Å². The fourth-order valence-electron chi connectivity index (χ4n) is 3.38. The lowest BCUT2D eigenvalue weighted by Crippen LogP contribution is -2.76. The third-order valence-electron chi connectivity index (χ3n) is 5.11. The van der Waals surface area contributed by atoms with Crippen molar-refractivity contribution in [3.05, 3.63) is 0 Å². The first-order valence-corrected chi connectivity index (χ1v) is 7.69. The second kappa shape index (κ2) is 5.35. The van der Waals surface area contributed by atoms with Crippen LogP contribution in [-0.2, 0) is 14.3 Å². The van der Waals surface area contributed by atoms with E-state index >= 15 is 0 Å². The summed E-state index contributed by atoms with van der Waals surface area (Å²) in [6, 6.07) is 0.0272. The molecule has 0 spiro atoms. The Morgan fingerprint density at radius 1 is 1.25 bits per heavy atom. The number of hydrogen-bond acceptors (Lipinski definition) is 3. The summed E-state index contributed by atoms with van der Waals surface area (Å²) in [6.07, 6.45) is 2.69. The zero-order valence-corrected chi connectivity index (χ0v) is 13.0. The maximum absolute atomic E-state index is 13.0. The predicted octanol–water partition coefficient (Wildman–Crippen LogP) is 1.46. The topological polar surface area (TPSA) is 58.6 Å². The molecule has 2 fully saturated rings. The van der Waals surface area contributed by atoms with Crippen molar-refractivity contribution in [3.63, 3.8) is 0 Å². The third-order valence-corrected chi connectivity index (χ3v) is 5.11. The number of piperazine rings is 1. The highest BCUT2D eigenvalue weighted by Crippen LogP contribution is 2.36. The molecule has 2 rings (SSSR count). The summed E-state index contributed by atoms with van der Waals surface area (Å²) in [6.45, 7) is 8.93. The number of carbonyl (C=O) groups is 2. The van der Waals surface area contributed by atoms with E-state index in [2.05, 4.69) is 5.32 Å². The van der Waals surface area contributed by atoms with Gasteiger partial charge in [0, 0.05) is 6.61 Å². The minimum Gasteiger partial charge on any atom is -0.379 e. The van der Waals surface area contributed by atoms with Crippen molar-refractivity contribution in [1.82, 2.24) is 10.2 Å². The Balaban J connectivity index is 2.46. The lowest BCUT2D eigenvalue weighted by atomic mass is 9.80. The summed E-state index contributed by atoms with van der Waals surface area (Å²) < 4.78 is 5.45. The molecule has 0 aliphatic carbocycles. The standard InChI is InChI=1S/C15H26N2O3/c1-5-14(4)13(19)17(11-8-9-20-10-11)15(6-2,7-3)12(18)16-14/h11H,5-10H2,1-4H3,(H,16,18). The quantitative estimate of drug-likeness (QED) is 0.849. The van der Waals surface area contributed by atoms with E-state index in [1.54, 1.807) is 0 Å². The zero-order valence-electron chi connectivity index (χ0n) is 13.0. The van der Waals surface area contributed by atoms with E-state index in [0.717, 1.165) is 6.42 Å². The van der Waals surface area contributed by atoms with Crippen LogP contribution < -0.4 is 5.32 Å². The number of carbonyl (C=O) groups excluding carboxylic acids is 2. The summed E-state index contributed by atoms with van der Waals surface area (Å²) in [7, 11) is 0. The highest BCUT2D eigenvalue weighted by Gasteiger charge is 2.56. The SMILES string of the molecule is CCC1(C)NC(=O)C(CC)(CC)N(C2CCOC2)C1=O. The number of nitrogens with one attached hydrogen (secondary N) is 1. The first kappa shape index (κ1) is 15.3. The van der Waals surface area contributed by atoms with E-state index in [0.29, 0.717) is 32.5 Å². The molecule has 0 aromatic heterocycles. The van der Waals surface area contributed by atoms with Gasteiger partial charge in [-0.3, -0.25) is 9.59 Å². The fourth-order valence-corrected chi connectivity index (χ4v) is 3.38. The van der Waals surface area contributed by atoms with Crippen molar-refractivity contribution < 1.29 is 14.3 Å². The lowest BCUT2D eigenvalue weighted by molar-refractivity contribution is -0.167. The highest BCUT2D eigenvalue weighted by molar-refractivity contribution is 6.02. The van der Waals surface area contributed by atoms with Crippen LogP contribution in [0.3, 0.4) is 0 Å². The van der Waals surface area contributed by atoms with Gasteiger partial charge in [0.25, 0.3) is 0 Å². The molecule has 0 radical (unpaired) electrons. The molecule has 114 valence electrons. The molecule has 2 amide bonds. The fraction of sp³-hybridized carbons (Fsp3) is 0.867. The average molecular weight is 282 g/mol. The second-order valence-corrected chi connectivity index (χ2v) is 6.07. The number of nitrogens with zero attached hydrogens (tertiary/aromatic N) is 1. The monoisotopic (exact) mass is 282 g/mol. The van der Waals surface area contributed by atoms with E-state index < -0.39 is 11.1 Å². The van der Waals surface area contributed by atoms with Gasteiger partial charge in [0.1, 0.15) is 11.1 Å². The van der Waals surface area contributed by atoms with E-state index in [9.17, 15) is 9.59 Å². The Kier molecular flexibility index (Phi) is 4.09. The van der Waals surface area contributed by atoms with Crippen molar-refractivity contribution in [1.29, 1.82) is 0 Å². The Morgan fingerprint density at radius 3 is 2.35 bits per heavy atom. The number of ether oxygens (including phenoxy) is 1. The van der Waals surface area contributed by atoms with E-state index in [-0.39, 0.29) is 17.9 Å². The van der Waals surface area contributed by atoms with Gasteiger partial charge in [-0.1, -0.05) is 20.8 Å². The lowest BCUT2D eigenvalue weighted by Gasteiger charge is -2.53. The molecular formula is C15H26N2O3. The Labute approximate surface area is 121 Å². The minimum absolute atomic E-state index is 0.0154. The molecule has 0 bridgehead atoms. The van der Waals surface area contributed by atoms with Crippen molar-refractivity contribution in [2.45, 2.75) is 70.5 Å². The second-order valence-electron chi connectivity index (χ2n) is 6.07. The highest BCUT2D eigenvalue weighted by atomic mass is 16.5. The summed E-state index contributed by atoms with van der Waals surface area (Å²) >= 11 is 0. The predicted molar refractivity (Wildman–Crippen MR) is 76.2 cm³/mol. The van der Waals surface area contributed by atoms with Gasteiger partial charge in [-0.05, 0) is 32.6 Å². The van der Waals surface area contributed by atoms with Crippen molar-refractivity contribution >= 4 is 11.8 Å². The molecule has 5 nitrogen and oxygen atoms in total. The Hall–Kier alpha value is -1.10. The molecule has 5 heteroatoms.